The molecule has 1 amide bonds. The van der Waals surface area contributed by atoms with Crippen molar-refractivity contribution in [1.82, 2.24) is 9.88 Å². The molecule has 0 bridgehead atoms. The van der Waals surface area contributed by atoms with Gasteiger partial charge >= 0.3 is 0 Å². The van der Waals surface area contributed by atoms with Crippen molar-refractivity contribution >= 4 is 40.0 Å². The van der Waals surface area contributed by atoms with Crippen molar-refractivity contribution < 1.29 is 9.53 Å². The summed E-state index contributed by atoms with van der Waals surface area (Å²) in [5.41, 5.74) is 2.99. The van der Waals surface area contributed by atoms with E-state index in [2.05, 4.69) is 17.2 Å². The molecule has 6 heteroatoms. The molecule has 1 aliphatic rings. The second-order valence-electron chi connectivity index (χ2n) is 6.85. The first-order chi connectivity index (χ1) is 13.1. The third-order valence-electron chi connectivity index (χ3n) is 5.31. The van der Waals surface area contributed by atoms with Crippen molar-refractivity contribution in [1.29, 1.82) is 0 Å². The van der Waals surface area contributed by atoms with Crippen LogP contribution in [0, 0.1) is 0 Å². The second kappa shape index (κ2) is 7.45. The molecule has 4 rings (SSSR count). The first-order valence-corrected chi connectivity index (χ1v) is 9.72. The molecule has 4 nitrogen and oxygen atoms in total. The van der Waals surface area contributed by atoms with Crippen LogP contribution in [-0.4, -0.2) is 36.0 Å². The van der Waals surface area contributed by atoms with E-state index in [0.29, 0.717) is 21.5 Å². The van der Waals surface area contributed by atoms with Crippen molar-refractivity contribution in [2.24, 2.45) is 0 Å². The average molecular weight is 403 g/mol. The molecule has 27 heavy (non-hydrogen) atoms. The quantitative estimate of drug-likeness (QED) is 0.628. The molecule has 0 saturated carbocycles. The van der Waals surface area contributed by atoms with Gasteiger partial charge in [0.1, 0.15) is 5.75 Å². The van der Waals surface area contributed by atoms with E-state index in [4.69, 9.17) is 27.9 Å². The van der Waals surface area contributed by atoms with Gasteiger partial charge in [-0.15, -0.1) is 0 Å². The molecule has 1 N–H and O–H groups in total. The number of nitrogens with zero attached hydrogens (tertiary/aromatic N) is 1. The van der Waals surface area contributed by atoms with Crippen molar-refractivity contribution in [3.8, 4) is 5.75 Å². The fourth-order valence-corrected chi connectivity index (χ4v) is 4.09. The third kappa shape index (κ3) is 3.52. The number of H-pyrrole nitrogens is 1. The van der Waals surface area contributed by atoms with E-state index >= 15 is 0 Å². The molecular weight excluding hydrogens is 383 g/mol. The standard InChI is InChI=1S/C21H20Cl2N2O2/c1-27-15-3-5-20-16(11-15)17(12-24-20)13-6-8-25(9-7-13)21(26)14-2-4-18(22)19(23)10-14/h2-5,10-13,24H,6-9H2,1H3. The monoisotopic (exact) mass is 402 g/mol. The summed E-state index contributed by atoms with van der Waals surface area (Å²) in [6.45, 7) is 1.45. The first kappa shape index (κ1) is 18.2. The van der Waals surface area contributed by atoms with Crippen molar-refractivity contribution in [3.63, 3.8) is 0 Å². The zero-order valence-electron chi connectivity index (χ0n) is 15.0. The smallest absolute Gasteiger partial charge is 0.253 e. The number of carbonyl (C=O) groups is 1. The van der Waals surface area contributed by atoms with Crippen LogP contribution in [0.15, 0.2) is 42.6 Å². The van der Waals surface area contributed by atoms with Gasteiger partial charge in [-0.1, -0.05) is 23.2 Å². The van der Waals surface area contributed by atoms with Gasteiger partial charge < -0.3 is 14.6 Å². The average Bonchev–Trinajstić information content (AvgIpc) is 3.12. The molecule has 0 aliphatic carbocycles. The van der Waals surface area contributed by atoms with Gasteiger partial charge in [0.25, 0.3) is 5.91 Å². The number of hydrogen-bond donors (Lipinski definition) is 1. The lowest BCUT2D eigenvalue weighted by atomic mass is 9.89. The van der Waals surface area contributed by atoms with Crippen LogP contribution in [0.4, 0.5) is 0 Å². The van der Waals surface area contributed by atoms with Crippen LogP contribution in [0.2, 0.25) is 10.0 Å². The van der Waals surface area contributed by atoms with Crippen molar-refractivity contribution in [3.05, 3.63) is 63.8 Å². The number of halogens is 2. The number of aromatic nitrogens is 1. The summed E-state index contributed by atoms with van der Waals surface area (Å²) < 4.78 is 5.36. The molecule has 1 saturated heterocycles. The summed E-state index contributed by atoms with van der Waals surface area (Å²) in [7, 11) is 1.68. The van der Waals surface area contributed by atoms with E-state index < -0.39 is 0 Å². The first-order valence-electron chi connectivity index (χ1n) is 8.96. The van der Waals surface area contributed by atoms with Gasteiger partial charge in [0.2, 0.25) is 0 Å². The molecule has 0 unspecified atom stereocenters. The number of aromatic amines is 1. The van der Waals surface area contributed by atoms with Gasteiger partial charge in [-0.3, -0.25) is 4.79 Å². The third-order valence-corrected chi connectivity index (χ3v) is 6.05. The molecule has 3 aromatic rings. The second-order valence-corrected chi connectivity index (χ2v) is 7.67. The van der Waals surface area contributed by atoms with E-state index in [0.717, 1.165) is 37.2 Å². The summed E-state index contributed by atoms with van der Waals surface area (Å²) in [5, 5.41) is 2.07. The van der Waals surface area contributed by atoms with E-state index in [9.17, 15) is 4.79 Å². The Morgan fingerprint density at radius 1 is 1.11 bits per heavy atom. The Morgan fingerprint density at radius 3 is 2.59 bits per heavy atom. The van der Waals surface area contributed by atoms with Crippen LogP contribution in [-0.2, 0) is 0 Å². The van der Waals surface area contributed by atoms with Crippen LogP contribution >= 0.6 is 23.2 Å². The summed E-state index contributed by atoms with van der Waals surface area (Å²) in [6, 6.07) is 11.1. The highest BCUT2D eigenvalue weighted by Gasteiger charge is 2.26. The van der Waals surface area contributed by atoms with E-state index in [-0.39, 0.29) is 5.91 Å². The molecule has 1 aliphatic heterocycles. The highest BCUT2D eigenvalue weighted by Crippen LogP contribution is 2.35. The van der Waals surface area contributed by atoms with E-state index in [1.54, 1.807) is 25.3 Å². The molecule has 140 valence electrons. The predicted octanol–water partition coefficient (Wildman–Crippen LogP) is 5.50. The summed E-state index contributed by atoms with van der Waals surface area (Å²) >= 11 is 12.0. The van der Waals surface area contributed by atoms with Crippen LogP contribution in [0.3, 0.4) is 0 Å². The van der Waals surface area contributed by atoms with Crippen molar-refractivity contribution in [2.45, 2.75) is 18.8 Å². The largest absolute Gasteiger partial charge is 0.497 e. The van der Waals surface area contributed by atoms with Crippen LogP contribution in [0.25, 0.3) is 10.9 Å². The fraction of sp³-hybridized carbons (Fsp3) is 0.286. The fourth-order valence-electron chi connectivity index (χ4n) is 3.79. The Bertz CT molecular complexity index is 991. The number of ether oxygens (including phenoxy) is 1. The van der Waals surface area contributed by atoms with Crippen molar-refractivity contribution in [2.75, 3.05) is 20.2 Å². The number of methoxy groups -OCH3 is 1. The van der Waals surface area contributed by atoms with Gasteiger partial charge in [-0.05, 0) is 60.7 Å². The number of piperidine rings is 1. The zero-order chi connectivity index (χ0) is 19.0. The van der Waals surface area contributed by atoms with E-state index in [1.807, 2.05) is 17.0 Å². The number of hydrogen-bond acceptors (Lipinski definition) is 2. The van der Waals surface area contributed by atoms with Crippen LogP contribution in [0.1, 0.15) is 34.7 Å². The summed E-state index contributed by atoms with van der Waals surface area (Å²) in [4.78, 5) is 18.0. The normalized spacial score (nSPS) is 15.3. The van der Waals surface area contributed by atoms with Crippen LogP contribution < -0.4 is 4.74 Å². The predicted molar refractivity (Wildman–Crippen MR) is 109 cm³/mol. The minimum atomic E-state index is 0.00705. The maximum Gasteiger partial charge on any atom is 0.253 e. The Labute approximate surface area is 168 Å². The Kier molecular flexibility index (Phi) is 5.02. The molecule has 0 spiro atoms. The lowest BCUT2D eigenvalue weighted by Gasteiger charge is -2.32. The summed E-state index contributed by atoms with van der Waals surface area (Å²) in [5.74, 6) is 1.28. The van der Waals surface area contributed by atoms with Gasteiger partial charge in [0, 0.05) is 35.8 Å². The minimum absolute atomic E-state index is 0.00705. The number of benzene rings is 2. The SMILES string of the molecule is COc1ccc2[nH]cc(C3CCN(C(=O)c4ccc(Cl)c(Cl)c4)CC3)c2c1. The van der Waals surface area contributed by atoms with E-state index in [1.165, 1.54) is 10.9 Å². The van der Waals surface area contributed by atoms with Crippen LogP contribution in [0.5, 0.6) is 5.75 Å². The Hall–Kier alpha value is -2.17. The number of likely N-dealkylation sites (tertiary alicyclic amines) is 1. The molecule has 1 aromatic heterocycles. The van der Waals surface area contributed by atoms with Gasteiger partial charge in [-0.2, -0.15) is 0 Å². The minimum Gasteiger partial charge on any atom is -0.497 e. The molecular formula is C21H20Cl2N2O2. The molecule has 0 atom stereocenters. The molecule has 2 heterocycles. The number of fused-ring (bicyclic) bond motifs is 1. The number of rotatable bonds is 3. The van der Waals surface area contributed by atoms with Gasteiger partial charge in [0.05, 0.1) is 17.2 Å². The highest BCUT2D eigenvalue weighted by atomic mass is 35.5. The highest BCUT2D eigenvalue weighted by molar-refractivity contribution is 6.42. The Balaban J connectivity index is 1.49. The number of nitrogens with one attached hydrogen (secondary N) is 1. The summed E-state index contributed by atoms with van der Waals surface area (Å²) in [6.07, 6.45) is 3.94. The van der Waals surface area contributed by atoms with Gasteiger partial charge in [0.15, 0.2) is 0 Å². The topological polar surface area (TPSA) is 45.3 Å². The molecule has 0 radical (unpaired) electrons. The van der Waals surface area contributed by atoms with Gasteiger partial charge in [-0.25, -0.2) is 0 Å². The zero-order valence-corrected chi connectivity index (χ0v) is 16.5. The maximum absolute atomic E-state index is 12.8. The lowest BCUT2D eigenvalue weighted by Crippen LogP contribution is -2.37. The maximum atomic E-state index is 12.8. The number of carbonyl (C=O) groups excluding carboxylic acids is 1. The number of amides is 1. The molecule has 1 fully saturated rings. The lowest BCUT2D eigenvalue weighted by molar-refractivity contribution is 0.0713. The molecule has 2 aromatic carbocycles. The Morgan fingerprint density at radius 2 is 1.89 bits per heavy atom.